The van der Waals surface area contributed by atoms with E-state index in [0.717, 1.165) is 0 Å². The van der Waals surface area contributed by atoms with Crippen LogP contribution in [0.1, 0.15) is 10.5 Å². The second-order valence-corrected chi connectivity index (χ2v) is 3.92. The summed E-state index contributed by atoms with van der Waals surface area (Å²) >= 11 is 11.5. The Kier molecular flexibility index (Phi) is 3.26. The van der Waals surface area contributed by atoms with Crippen LogP contribution in [0.25, 0.3) is 0 Å². The zero-order valence-electron chi connectivity index (χ0n) is 8.69. The quantitative estimate of drug-likeness (QED) is 0.845. The summed E-state index contributed by atoms with van der Waals surface area (Å²) in [7, 11) is 1.65. The molecule has 2 rings (SSSR count). The van der Waals surface area contributed by atoms with Gasteiger partial charge < -0.3 is 0 Å². The molecule has 1 N–H and O–H groups in total. The smallest absolute Gasteiger partial charge is 0.278 e. The van der Waals surface area contributed by atoms with Crippen LogP contribution in [0, 0.1) is 0 Å². The minimum absolute atomic E-state index is 0.0437. The van der Waals surface area contributed by atoms with Crippen molar-refractivity contribution >= 4 is 35.1 Å². The Bertz CT molecular complexity index is 568. The summed E-state index contributed by atoms with van der Waals surface area (Å²) in [6.07, 6.45) is 1.32. The number of aryl methyl sites for hydroxylation is 1. The molecule has 0 aromatic carbocycles. The van der Waals surface area contributed by atoms with Gasteiger partial charge in [0, 0.05) is 7.05 Å². The Balaban J connectivity index is 2.26. The van der Waals surface area contributed by atoms with Crippen LogP contribution in [0.3, 0.4) is 0 Å². The van der Waals surface area contributed by atoms with Crippen LogP contribution in [0.4, 0.5) is 5.95 Å². The van der Waals surface area contributed by atoms with E-state index in [-0.39, 0.29) is 15.9 Å². The van der Waals surface area contributed by atoms with Crippen LogP contribution >= 0.6 is 23.2 Å². The number of hydrogen-bond donors (Lipinski definition) is 1. The molecule has 17 heavy (non-hydrogen) atoms. The van der Waals surface area contributed by atoms with E-state index in [9.17, 15) is 4.79 Å². The zero-order chi connectivity index (χ0) is 12.4. The largest absolute Gasteiger partial charge is 0.289 e. The molecule has 0 atom stereocenters. The zero-order valence-corrected chi connectivity index (χ0v) is 10.2. The average molecular weight is 272 g/mol. The summed E-state index contributed by atoms with van der Waals surface area (Å²) in [5.74, 6) is -0.193. The number of rotatable bonds is 2. The second-order valence-electron chi connectivity index (χ2n) is 3.13. The van der Waals surface area contributed by atoms with E-state index in [4.69, 9.17) is 23.2 Å². The lowest BCUT2D eigenvalue weighted by molar-refractivity contribution is 0.102. The number of nitrogens with zero attached hydrogens (tertiary/aromatic N) is 4. The third-order valence-corrected chi connectivity index (χ3v) is 2.48. The summed E-state index contributed by atoms with van der Waals surface area (Å²) in [5.41, 5.74) is 0.0437. The number of halogens is 2. The lowest BCUT2D eigenvalue weighted by Crippen LogP contribution is -2.17. The van der Waals surface area contributed by atoms with Gasteiger partial charge in [0.25, 0.3) is 5.91 Å². The predicted molar refractivity (Wildman–Crippen MR) is 63.2 cm³/mol. The average Bonchev–Trinajstić information content (AvgIpc) is 2.68. The van der Waals surface area contributed by atoms with Gasteiger partial charge >= 0.3 is 0 Å². The molecule has 1 amide bonds. The molecule has 8 heteroatoms. The van der Waals surface area contributed by atoms with Crippen molar-refractivity contribution in [2.75, 3.05) is 5.32 Å². The first kappa shape index (κ1) is 11.8. The highest BCUT2D eigenvalue weighted by Gasteiger charge is 2.15. The van der Waals surface area contributed by atoms with Gasteiger partial charge in [0.05, 0.1) is 5.02 Å². The highest BCUT2D eigenvalue weighted by atomic mass is 35.5. The third-order valence-electron chi connectivity index (χ3n) is 1.96. The first-order chi connectivity index (χ1) is 8.08. The van der Waals surface area contributed by atoms with Crippen LogP contribution in [-0.2, 0) is 7.05 Å². The molecule has 0 spiro atoms. The summed E-state index contributed by atoms with van der Waals surface area (Å²) in [6.45, 7) is 0. The lowest BCUT2D eigenvalue weighted by atomic mass is 10.3. The van der Waals surface area contributed by atoms with Gasteiger partial charge in [-0.05, 0) is 12.1 Å². The van der Waals surface area contributed by atoms with Gasteiger partial charge in [-0.3, -0.25) is 10.1 Å². The van der Waals surface area contributed by atoms with Crippen LogP contribution in [-0.4, -0.2) is 25.7 Å². The number of hydrogen-bond acceptors (Lipinski definition) is 4. The molecule has 0 saturated carbocycles. The standard InChI is InChI=1S/C9H7Cl2N5O/c1-16-9(12-4-13-16)15-8(17)7-5(10)2-3-6(11)14-7/h2-4H,1H3,(H,12,13,15,17). The summed E-state index contributed by atoms with van der Waals surface area (Å²) in [4.78, 5) is 19.5. The highest BCUT2D eigenvalue weighted by Crippen LogP contribution is 2.17. The molecule has 0 bridgehead atoms. The molecule has 2 heterocycles. The van der Waals surface area contributed by atoms with E-state index < -0.39 is 5.91 Å². The minimum atomic E-state index is -0.492. The molecule has 0 unspecified atom stereocenters. The fourth-order valence-electron chi connectivity index (χ4n) is 1.15. The first-order valence-corrected chi connectivity index (χ1v) is 5.31. The third kappa shape index (κ3) is 2.54. The van der Waals surface area contributed by atoms with E-state index in [1.165, 1.54) is 23.1 Å². The monoisotopic (exact) mass is 271 g/mol. The lowest BCUT2D eigenvalue weighted by Gasteiger charge is -2.04. The molecule has 0 aliphatic rings. The van der Waals surface area contributed by atoms with Crippen molar-refractivity contribution in [3.8, 4) is 0 Å². The van der Waals surface area contributed by atoms with Crippen molar-refractivity contribution in [1.82, 2.24) is 19.7 Å². The Morgan fingerprint density at radius 2 is 2.18 bits per heavy atom. The van der Waals surface area contributed by atoms with Crippen molar-refractivity contribution in [2.24, 2.45) is 7.05 Å². The molecular formula is C9H7Cl2N5O. The number of aromatic nitrogens is 4. The molecule has 2 aromatic rings. The highest BCUT2D eigenvalue weighted by molar-refractivity contribution is 6.35. The number of amides is 1. The molecule has 88 valence electrons. The topological polar surface area (TPSA) is 72.7 Å². The normalized spacial score (nSPS) is 10.3. The Morgan fingerprint density at radius 1 is 1.41 bits per heavy atom. The fourth-order valence-corrected chi connectivity index (χ4v) is 1.49. The van der Waals surface area contributed by atoms with Crippen molar-refractivity contribution in [3.63, 3.8) is 0 Å². The number of carbonyl (C=O) groups excluding carboxylic acids is 1. The maximum Gasteiger partial charge on any atom is 0.278 e. The summed E-state index contributed by atoms with van der Waals surface area (Å²) < 4.78 is 1.41. The molecule has 2 aromatic heterocycles. The van der Waals surface area contributed by atoms with Gasteiger partial charge in [-0.15, -0.1) is 0 Å². The Morgan fingerprint density at radius 3 is 2.82 bits per heavy atom. The van der Waals surface area contributed by atoms with Crippen LogP contribution < -0.4 is 5.32 Å². The van der Waals surface area contributed by atoms with Gasteiger partial charge in [0.1, 0.15) is 17.2 Å². The number of pyridine rings is 1. The van der Waals surface area contributed by atoms with Gasteiger partial charge in [-0.2, -0.15) is 10.1 Å². The number of carbonyl (C=O) groups is 1. The van der Waals surface area contributed by atoms with Crippen LogP contribution in [0.5, 0.6) is 0 Å². The van der Waals surface area contributed by atoms with Gasteiger partial charge in [-0.25, -0.2) is 9.67 Å². The van der Waals surface area contributed by atoms with Crippen molar-refractivity contribution in [1.29, 1.82) is 0 Å². The Hall–Kier alpha value is -1.66. The maximum absolute atomic E-state index is 11.8. The van der Waals surface area contributed by atoms with E-state index >= 15 is 0 Å². The van der Waals surface area contributed by atoms with Gasteiger partial charge in [0.15, 0.2) is 0 Å². The molecule has 0 saturated heterocycles. The molecular weight excluding hydrogens is 265 g/mol. The van der Waals surface area contributed by atoms with Crippen LogP contribution in [0.15, 0.2) is 18.5 Å². The number of anilines is 1. The van der Waals surface area contributed by atoms with Crippen molar-refractivity contribution < 1.29 is 4.79 Å². The van der Waals surface area contributed by atoms with E-state index in [1.807, 2.05) is 0 Å². The van der Waals surface area contributed by atoms with Crippen molar-refractivity contribution in [3.05, 3.63) is 34.3 Å². The maximum atomic E-state index is 11.8. The van der Waals surface area contributed by atoms with Gasteiger partial charge in [0.2, 0.25) is 5.95 Å². The first-order valence-electron chi connectivity index (χ1n) is 4.55. The molecule has 0 aliphatic heterocycles. The minimum Gasteiger partial charge on any atom is -0.289 e. The van der Waals surface area contributed by atoms with E-state index in [2.05, 4.69) is 20.4 Å². The van der Waals surface area contributed by atoms with Crippen molar-refractivity contribution in [2.45, 2.75) is 0 Å². The Labute approximate surface area is 107 Å². The molecule has 0 radical (unpaired) electrons. The molecule has 6 nitrogen and oxygen atoms in total. The summed E-state index contributed by atoms with van der Waals surface area (Å²) in [6, 6.07) is 3.01. The SMILES string of the molecule is Cn1ncnc1NC(=O)c1nc(Cl)ccc1Cl. The number of nitrogens with one attached hydrogen (secondary N) is 1. The fraction of sp³-hybridized carbons (Fsp3) is 0.111. The molecule has 0 fully saturated rings. The predicted octanol–water partition coefficient (Wildman–Crippen LogP) is 1.77. The van der Waals surface area contributed by atoms with Crippen LogP contribution in [0.2, 0.25) is 10.2 Å². The van der Waals surface area contributed by atoms with E-state index in [1.54, 1.807) is 7.05 Å². The molecule has 0 aliphatic carbocycles. The second kappa shape index (κ2) is 4.68. The summed E-state index contributed by atoms with van der Waals surface area (Å²) in [5, 5.41) is 6.74. The van der Waals surface area contributed by atoms with Gasteiger partial charge in [-0.1, -0.05) is 23.2 Å². The van der Waals surface area contributed by atoms with E-state index in [0.29, 0.717) is 5.95 Å².